The van der Waals surface area contributed by atoms with Crippen molar-refractivity contribution in [1.82, 2.24) is 0 Å². The molecule has 0 bridgehead atoms. The number of aliphatic carboxylic acids is 1. The van der Waals surface area contributed by atoms with Gasteiger partial charge >= 0.3 is 5.97 Å². The van der Waals surface area contributed by atoms with Gasteiger partial charge in [-0.1, -0.05) is 11.6 Å². The number of carboxylic acids is 1. The lowest BCUT2D eigenvalue weighted by Crippen LogP contribution is -2.37. The van der Waals surface area contributed by atoms with E-state index in [0.717, 1.165) is 0 Å². The molecule has 1 fully saturated rings. The zero-order valence-corrected chi connectivity index (χ0v) is 9.22. The van der Waals surface area contributed by atoms with E-state index in [2.05, 4.69) is 0 Å². The Morgan fingerprint density at radius 3 is 2.87 bits per heavy atom. The van der Waals surface area contributed by atoms with Gasteiger partial charge in [0.1, 0.15) is 6.04 Å². The maximum absolute atomic E-state index is 11.5. The fraction of sp³-hybridized carbons (Fsp3) is 0.333. The van der Waals surface area contributed by atoms with Gasteiger partial charge in [0.2, 0.25) is 5.91 Å². The Labute approximate surface area is 95.1 Å². The number of thiophene rings is 1. The van der Waals surface area contributed by atoms with E-state index in [4.69, 9.17) is 16.7 Å². The molecular weight excluding hydrogens is 238 g/mol. The van der Waals surface area contributed by atoms with Crippen LogP contribution >= 0.6 is 22.9 Å². The zero-order chi connectivity index (χ0) is 11.0. The van der Waals surface area contributed by atoms with Gasteiger partial charge in [-0.2, -0.15) is 0 Å². The van der Waals surface area contributed by atoms with E-state index in [0.29, 0.717) is 15.8 Å². The first-order valence-electron chi connectivity index (χ1n) is 4.40. The lowest BCUT2D eigenvalue weighted by atomic mass is 10.2. The van der Waals surface area contributed by atoms with Crippen molar-refractivity contribution in [2.45, 2.75) is 18.9 Å². The summed E-state index contributed by atoms with van der Waals surface area (Å²) >= 11 is 6.96. The molecule has 0 aliphatic carbocycles. The van der Waals surface area contributed by atoms with Gasteiger partial charge in [-0.15, -0.1) is 11.3 Å². The summed E-state index contributed by atoms with van der Waals surface area (Å²) < 4.78 is 0.550. The predicted molar refractivity (Wildman–Crippen MR) is 57.5 cm³/mol. The monoisotopic (exact) mass is 245 g/mol. The van der Waals surface area contributed by atoms with E-state index >= 15 is 0 Å². The van der Waals surface area contributed by atoms with Gasteiger partial charge in [-0.25, -0.2) is 4.79 Å². The highest BCUT2D eigenvalue weighted by Crippen LogP contribution is 2.34. The van der Waals surface area contributed by atoms with Gasteiger partial charge in [-0.3, -0.25) is 9.69 Å². The van der Waals surface area contributed by atoms with Crippen LogP contribution in [0.4, 0.5) is 5.00 Å². The number of rotatable bonds is 2. The molecular formula is C9H8ClNO3S. The molecule has 1 aromatic heterocycles. The number of amides is 1. The van der Waals surface area contributed by atoms with Gasteiger partial charge in [-0.05, 0) is 18.6 Å². The summed E-state index contributed by atoms with van der Waals surface area (Å²) in [5.74, 6) is -1.12. The van der Waals surface area contributed by atoms with Gasteiger partial charge in [0.25, 0.3) is 0 Å². The number of hydrogen-bond acceptors (Lipinski definition) is 3. The molecule has 1 aromatic rings. The second-order valence-corrected chi connectivity index (χ2v) is 4.93. The Morgan fingerprint density at radius 1 is 1.60 bits per heavy atom. The molecule has 0 aromatic carbocycles. The van der Waals surface area contributed by atoms with Crippen LogP contribution in [0.25, 0.3) is 0 Å². The fourth-order valence-corrected chi connectivity index (χ4v) is 2.73. The first kappa shape index (κ1) is 10.4. The largest absolute Gasteiger partial charge is 0.480 e. The summed E-state index contributed by atoms with van der Waals surface area (Å²) in [5, 5.41) is 9.55. The number of carbonyl (C=O) groups is 2. The maximum Gasteiger partial charge on any atom is 0.326 e. The van der Waals surface area contributed by atoms with Crippen molar-refractivity contribution in [3.63, 3.8) is 0 Å². The standard InChI is InChI=1S/C9H8ClNO3S/c10-6-2-4-8(15-6)11-5(9(13)14)1-3-7(11)12/h2,4-5H,1,3H2,(H,13,14). The van der Waals surface area contributed by atoms with Crippen LogP contribution in [0.3, 0.4) is 0 Å². The molecule has 4 nitrogen and oxygen atoms in total. The number of anilines is 1. The zero-order valence-electron chi connectivity index (χ0n) is 7.64. The van der Waals surface area contributed by atoms with Crippen LogP contribution in [0.15, 0.2) is 12.1 Å². The van der Waals surface area contributed by atoms with Crippen molar-refractivity contribution in [1.29, 1.82) is 0 Å². The minimum absolute atomic E-state index is 0.152. The first-order chi connectivity index (χ1) is 7.09. The van der Waals surface area contributed by atoms with Crippen LogP contribution in [0.1, 0.15) is 12.8 Å². The van der Waals surface area contributed by atoms with Crippen LogP contribution in [0.5, 0.6) is 0 Å². The Hall–Kier alpha value is -1.07. The number of carbonyl (C=O) groups excluding carboxylic acids is 1. The topological polar surface area (TPSA) is 57.6 Å². The van der Waals surface area contributed by atoms with Gasteiger partial charge in [0.15, 0.2) is 0 Å². The minimum atomic E-state index is -0.967. The quantitative estimate of drug-likeness (QED) is 0.867. The fourth-order valence-electron chi connectivity index (χ4n) is 1.63. The molecule has 1 aliphatic rings. The van der Waals surface area contributed by atoms with Crippen LogP contribution in [-0.4, -0.2) is 23.0 Å². The highest BCUT2D eigenvalue weighted by atomic mass is 35.5. The summed E-state index contributed by atoms with van der Waals surface area (Å²) in [6, 6.07) is 2.59. The predicted octanol–water partition coefficient (Wildman–Crippen LogP) is 1.98. The normalized spacial score (nSPS) is 21.0. The van der Waals surface area contributed by atoms with E-state index < -0.39 is 12.0 Å². The van der Waals surface area contributed by atoms with Crippen molar-refractivity contribution >= 4 is 39.8 Å². The molecule has 1 atom stereocenters. The first-order valence-corrected chi connectivity index (χ1v) is 5.59. The number of halogens is 1. The third-order valence-electron chi connectivity index (χ3n) is 2.29. The molecule has 2 heterocycles. The summed E-state index contributed by atoms with van der Waals surface area (Å²) in [6.45, 7) is 0. The van der Waals surface area contributed by atoms with E-state index in [1.807, 2.05) is 0 Å². The van der Waals surface area contributed by atoms with Crippen LogP contribution < -0.4 is 4.90 Å². The molecule has 6 heteroatoms. The highest BCUT2D eigenvalue weighted by Gasteiger charge is 2.37. The highest BCUT2D eigenvalue weighted by molar-refractivity contribution is 7.20. The van der Waals surface area contributed by atoms with E-state index in [1.54, 1.807) is 12.1 Å². The van der Waals surface area contributed by atoms with Crippen molar-refractivity contribution in [2.75, 3.05) is 4.90 Å². The van der Waals surface area contributed by atoms with Crippen LogP contribution in [-0.2, 0) is 9.59 Å². The molecule has 15 heavy (non-hydrogen) atoms. The molecule has 2 rings (SSSR count). The number of nitrogens with zero attached hydrogens (tertiary/aromatic N) is 1. The van der Waals surface area contributed by atoms with Gasteiger partial charge in [0.05, 0.1) is 9.34 Å². The van der Waals surface area contributed by atoms with Gasteiger partial charge in [0, 0.05) is 6.42 Å². The average Bonchev–Trinajstić information content (AvgIpc) is 2.71. The van der Waals surface area contributed by atoms with Gasteiger partial charge < -0.3 is 5.11 Å². The summed E-state index contributed by atoms with van der Waals surface area (Å²) in [6.07, 6.45) is 0.649. The molecule has 0 saturated carbocycles. The molecule has 80 valence electrons. The third-order valence-corrected chi connectivity index (χ3v) is 3.52. The molecule has 1 saturated heterocycles. The average molecular weight is 246 g/mol. The number of hydrogen-bond donors (Lipinski definition) is 1. The van der Waals surface area contributed by atoms with Crippen LogP contribution in [0.2, 0.25) is 4.34 Å². The van der Waals surface area contributed by atoms with Crippen molar-refractivity contribution in [3.8, 4) is 0 Å². The Balaban J connectivity index is 2.32. The molecule has 0 radical (unpaired) electrons. The van der Waals surface area contributed by atoms with Crippen molar-refractivity contribution in [2.24, 2.45) is 0 Å². The second-order valence-electron chi connectivity index (χ2n) is 3.23. The van der Waals surface area contributed by atoms with Crippen molar-refractivity contribution < 1.29 is 14.7 Å². The van der Waals surface area contributed by atoms with E-state index in [1.165, 1.54) is 16.2 Å². The molecule has 0 spiro atoms. The lowest BCUT2D eigenvalue weighted by molar-refractivity contribution is -0.138. The van der Waals surface area contributed by atoms with Crippen LogP contribution in [0, 0.1) is 0 Å². The minimum Gasteiger partial charge on any atom is -0.480 e. The molecule has 1 amide bonds. The Morgan fingerprint density at radius 2 is 2.33 bits per heavy atom. The summed E-state index contributed by atoms with van der Waals surface area (Å²) in [7, 11) is 0. The van der Waals surface area contributed by atoms with E-state index in [9.17, 15) is 9.59 Å². The molecule has 1 unspecified atom stereocenters. The summed E-state index contributed by atoms with van der Waals surface area (Å²) in [5.41, 5.74) is 0. The van der Waals surface area contributed by atoms with Crippen molar-refractivity contribution in [3.05, 3.63) is 16.5 Å². The second kappa shape index (κ2) is 3.83. The Bertz CT molecular complexity index is 417. The smallest absolute Gasteiger partial charge is 0.326 e. The summed E-state index contributed by atoms with van der Waals surface area (Å²) in [4.78, 5) is 23.8. The molecule has 1 N–H and O–H groups in total. The lowest BCUT2D eigenvalue weighted by Gasteiger charge is -2.19. The van der Waals surface area contributed by atoms with E-state index in [-0.39, 0.29) is 12.3 Å². The third kappa shape index (κ3) is 1.85. The maximum atomic E-state index is 11.5. The molecule has 1 aliphatic heterocycles. The SMILES string of the molecule is O=C(O)C1CCC(=O)N1c1ccc(Cl)s1. The Kier molecular flexibility index (Phi) is 2.67. The number of carboxylic acid groups (broad SMARTS) is 1.